The molecular weight excluding hydrogens is 260 g/mol. The zero-order valence-corrected chi connectivity index (χ0v) is 11.4. The van der Waals surface area contributed by atoms with Crippen LogP contribution in [-0.2, 0) is 0 Å². The summed E-state index contributed by atoms with van der Waals surface area (Å²) in [7, 11) is 0. The van der Waals surface area contributed by atoms with Crippen LogP contribution in [-0.4, -0.2) is 46.0 Å². The van der Waals surface area contributed by atoms with Gasteiger partial charge < -0.3 is 14.8 Å². The van der Waals surface area contributed by atoms with Gasteiger partial charge in [-0.25, -0.2) is 0 Å². The van der Waals surface area contributed by atoms with Gasteiger partial charge in [0, 0.05) is 37.8 Å². The van der Waals surface area contributed by atoms with E-state index in [1.807, 2.05) is 6.92 Å². The number of hydrogen-bond donors (Lipinski definition) is 1. The summed E-state index contributed by atoms with van der Waals surface area (Å²) in [6.45, 7) is 4.08. The molecule has 1 aliphatic heterocycles. The van der Waals surface area contributed by atoms with Crippen molar-refractivity contribution in [2.45, 2.75) is 31.8 Å². The molecule has 1 saturated carbocycles. The number of carbonyl (C=O) groups is 1. The molecule has 108 valence electrons. The summed E-state index contributed by atoms with van der Waals surface area (Å²) >= 11 is 0. The highest BCUT2D eigenvalue weighted by molar-refractivity contribution is 5.93. The SMILES string of the molecule is C[C@H]1CN(C(=O)c2cc([N+](=O)[O-])cn2C2CC2)CCN1. The lowest BCUT2D eigenvalue weighted by Crippen LogP contribution is -2.51. The lowest BCUT2D eigenvalue weighted by molar-refractivity contribution is -0.384. The maximum atomic E-state index is 12.6. The summed E-state index contributed by atoms with van der Waals surface area (Å²) in [6.07, 6.45) is 3.48. The maximum Gasteiger partial charge on any atom is 0.287 e. The third-order valence-corrected chi connectivity index (χ3v) is 3.86. The number of aromatic nitrogens is 1. The van der Waals surface area contributed by atoms with Gasteiger partial charge in [-0.15, -0.1) is 0 Å². The second-order valence-corrected chi connectivity index (χ2v) is 5.59. The zero-order chi connectivity index (χ0) is 14.3. The standard InChI is InChI=1S/C13H18N4O3/c1-9-7-15(5-4-14-9)13(18)12-6-11(17(19)20)8-16(12)10-2-3-10/h6,8-10,14H,2-5,7H2,1H3/t9-/m0/s1. The average Bonchev–Trinajstić information content (AvgIpc) is 3.16. The Hall–Kier alpha value is -1.89. The van der Waals surface area contributed by atoms with Gasteiger partial charge in [-0.2, -0.15) is 0 Å². The Kier molecular flexibility index (Phi) is 3.21. The average molecular weight is 278 g/mol. The molecule has 1 N–H and O–H groups in total. The first-order valence-corrected chi connectivity index (χ1v) is 6.95. The lowest BCUT2D eigenvalue weighted by Gasteiger charge is -2.32. The van der Waals surface area contributed by atoms with Crippen molar-refractivity contribution >= 4 is 11.6 Å². The number of piperazine rings is 1. The van der Waals surface area contributed by atoms with Crippen LogP contribution in [0.3, 0.4) is 0 Å². The Morgan fingerprint density at radius 2 is 2.25 bits per heavy atom. The topological polar surface area (TPSA) is 80.4 Å². The van der Waals surface area contributed by atoms with Crippen molar-refractivity contribution in [3.05, 3.63) is 28.1 Å². The number of carbonyl (C=O) groups excluding carboxylic acids is 1. The second kappa shape index (κ2) is 4.90. The molecular formula is C13H18N4O3. The number of rotatable bonds is 3. The monoisotopic (exact) mass is 278 g/mol. The van der Waals surface area contributed by atoms with Crippen molar-refractivity contribution in [3.8, 4) is 0 Å². The first kappa shape index (κ1) is 13.1. The van der Waals surface area contributed by atoms with Crippen LogP contribution in [0.1, 0.15) is 36.3 Å². The maximum absolute atomic E-state index is 12.6. The number of nitrogens with zero attached hydrogens (tertiary/aromatic N) is 3. The molecule has 0 aromatic carbocycles. The number of hydrogen-bond acceptors (Lipinski definition) is 4. The molecule has 1 aromatic heterocycles. The zero-order valence-electron chi connectivity index (χ0n) is 11.4. The smallest absolute Gasteiger partial charge is 0.287 e. The second-order valence-electron chi connectivity index (χ2n) is 5.59. The molecule has 1 atom stereocenters. The van der Waals surface area contributed by atoms with Gasteiger partial charge in [0.2, 0.25) is 0 Å². The minimum Gasteiger partial charge on any atom is -0.335 e. The predicted molar refractivity (Wildman–Crippen MR) is 72.7 cm³/mol. The van der Waals surface area contributed by atoms with E-state index >= 15 is 0 Å². The van der Waals surface area contributed by atoms with Gasteiger partial charge in [0.1, 0.15) is 5.69 Å². The normalized spacial score (nSPS) is 22.9. The molecule has 1 aliphatic carbocycles. The van der Waals surface area contributed by atoms with Crippen LogP contribution in [0.25, 0.3) is 0 Å². The van der Waals surface area contributed by atoms with Crippen LogP contribution in [0.4, 0.5) is 5.69 Å². The van der Waals surface area contributed by atoms with Gasteiger partial charge in [-0.3, -0.25) is 14.9 Å². The molecule has 2 fully saturated rings. The van der Waals surface area contributed by atoms with E-state index in [9.17, 15) is 14.9 Å². The van der Waals surface area contributed by atoms with Crippen molar-refractivity contribution in [1.82, 2.24) is 14.8 Å². The molecule has 3 rings (SSSR count). The Labute approximate surface area is 116 Å². The Morgan fingerprint density at radius 1 is 1.50 bits per heavy atom. The van der Waals surface area contributed by atoms with Gasteiger partial charge in [-0.1, -0.05) is 0 Å². The molecule has 7 nitrogen and oxygen atoms in total. The highest BCUT2D eigenvalue weighted by Crippen LogP contribution is 2.38. The van der Waals surface area contributed by atoms with Crippen molar-refractivity contribution in [1.29, 1.82) is 0 Å². The van der Waals surface area contributed by atoms with Gasteiger partial charge in [-0.05, 0) is 19.8 Å². The van der Waals surface area contributed by atoms with E-state index in [-0.39, 0.29) is 23.7 Å². The third-order valence-electron chi connectivity index (χ3n) is 3.86. The van der Waals surface area contributed by atoms with E-state index in [2.05, 4.69) is 5.32 Å². The Bertz CT molecular complexity index is 550. The minimum absolute atomic E-state index is 0.00318. The predicted octanol–water partition coefficient (Wildman–Crippen LogP) is 1.17. The summed E-state index contributed by atoms with van der Waals surface area (Å²) in [5.41, 5.74) is 0.455. The van der Waals surface area contributed by atoms with Crippen LogP contribution in [0.5, 0.6) is 0 Å². The van der Waals surface area contributed by atoms with E-state index < -0.39 is 4.92 Å². The summed E-state index contributed by atoms with van der Waals surface area (Å²) in [6, 6.07) is 1.92. The third kappa shape index (κ3) is 2.40. The van der Waals surface area contributed by atoms with Crippen molar-refractivity contribution in [2.24, 2.45) is 0 Å². The summed E-state index contributed by atoms with van der Waals surface area (Å²) in [5, 5.41) is 14.2. The fraction of sp³-hybridized carbons (Fsp3) is 0.615. The van der Waals surface area contributed by atoms with Crippen molar-refractivity contribution in [2.75, 3.05) is 19.6 Å². The van der Waals surface area contributed by atoms with E-state index in [1.54, 1.807) is 9.47 Å². The van der Waals surface area contributed by atoms with E-state index in [1.165, 1.54) is 12.3 Å². The summed E-state index contributed by atoms with van der Waals surface area (Å²) in [5.74, 6) is -0.0987. The quantitative estimate of drug-likeness (QED) is 0.664. The molecule has 2 heterocycles. The summed E-state index contributed by atoms with van der Waals surface area (Å²) in [4.78, 5) is 24.8. The molecule has 1 aromatic rings. The van der Waals surface area contributed by atoms with Gasteiger partial charge in [0.05, 0.1) is 11.1 Å². The Morgan fingerprint density at radius 3 is 2.85 bits per heavy atom. The minimum atomic E-state index is -0.434. The van der Waals surface area contributed by atoms with E-state index in [4.69, 9.17) is 0 Å². The molecule has 20 heavy (non-hydrogen) atoms. The fourth-order valence-electron chi connectivity index (χ4n) is 2.67. The van der Waals surface area contributed by atoms with Gasteiger partial charge >= 0.3 is 0 Å². The fourth-order valence-corrected chi connectivity index (χ4v) is 2.67. The first-order valence-electron chi connectivity index (χ1n) is 6.95. The van der Waals surface area contributed by atoms with Crippen LogP contribution in [0.2, 0.25) is 0 Å². The number of nitrogens with one attached hydrogen (secondary N) is 1. The molecule has 0 radical (unpaired) electrons. The first-order chi connectivity index (χ1) is 9.56. The van der Waals surface area contributed by atoms with Crippen molar-refractivity contribution < 1.29 is 9.72 Å². The molecule has 1 amide bonds. The van der Waals surface area contributed by atoms with Crippen LogP contribution in [0.15, 0.2) is 12.3 Å². The molecule has 2 aliphatic rings. The molecule has 0 unspecified atom stereocenters. The van der Waals surface area contributed by atoms with Gasteiger partial charge in [0.15, 0.2) is 0 Å². The van der Waals surface area contributed by atoms with Crippen molar-refractivity contribution in [3.63, 3.8) is 0 Å². The highest BCUT2D eigenvalue weighted by atomic mass is 16.6. The van der Waals surface area contributed by atoms with E-state index in [0.717, 1.165) is 19.4 Å². The number of amides is 1. The largest absolute Gasteiger partial charge is 0.335 e. The highest BCUT2D eigenvalue weighted by Gasteiger charge is 2.32. The molecule has 1 saturated heterocycles. The molecule has 0 spiro atoms. The Balaban J connectivity index is 1.88. The van der Waals surface area contributed by atoms with Crippen LogP contribution >= 0.6 is 0 Å². The summed E-state index contributed by atoms with van der Waals surface area (Å²) < 4.78 is 1.78. The molecule has 7 heteroatoms. The van der Waals surface area contributed by atoms with Gasteiger partial charge in [0.25, 0.3) is 11.6 Å². The van der Waals surface area contributed by atoms with Crippen LogP contribution < -0.4 is 5.32 Å². The van der Waals surface area contributed by atoms with Crippen LogP contribution in [0, 0.1) is 10.1 Å². The lowest BCUT2D eigenvalue weighted by atomic mass is 10.2. The number of nitro groups is 1. The molecule has 0 bridgehead atoms. The van der Waals surface area contributed by atoms with E-state index in [0.29, 0.717) is 18.8 Å².